The zero-order valence-corrected chi connectivity index (χ0v) is 24.5. The first-order valence-corrected chi connectivity index (χ1v) is 13.6. The molecule has 0 aliphatic heterocycles. The highest BCUT2D eigenvalue weighted by molar-refractivity contribution is 6.00. The number of alkyl carbamates (subject to hydrolysis) is 1. The molecule has 0 saturated carbocycles. The van der Waals surface area contributed by atoms with Crippen LogP contribution in [0.5, 0.6) is 0 Å². The normalized spacial score (nSPS) is 13.7. The molecule has 2 N–H and O–H groups in total. The molecule has 0 radical (unpaired) electrons. The summed E-state index contributed by atoms with van der Waals surface area (Å²) in [5, 5.41) is 5.87. The molecule has 0 bridgehead atoms. The lowest BCUT2D eigenvalue weighted by molar-refractivity contribution is -0.141. The summed E-state index contributed by atoms with van der Waals surface area (Å²) in [5.74, 6) is -0.801. The van der Waals surface area contributed by atoms with Gasteiger partial charge in [-0.05, 0) is 76.1 Å². The Labute approximate surface area is 228 Å². The second-order valence-electron chi connectivity index (χ2n) is 10.9. The van der Waals surface area contributed by atoms with Gasteiger partial charge in [-0.2, -0.15) is 0 Å². The van der Waals surface area contributed by atoms with E-state index >= 15 is 0 Å². The maximum Gasteiger partial charge on any atom is 0.408 e. The quantitative estimate of drug-likeness (QED) is 0.381. The topological polar surface area (TPSA) is 87.7 Å². The second-order valence-corrected chi connectivity index (χ2v) is 10.9. The number of hydrogen-bond acceptors (Lipinski definition) is 4. The first kappa shape index (κ1) is 30.9. The number of nitrogens with zero attached hydrogens (tertiary/aromatic N) is 1. The van der Waals surface area contributed by atoms with Crippen LogP contribution in [0.1, 0.15) is 83.2 Å². The second kappa shape index (κ2) is 13.4. The third-order valence-electron chi connectivity index (χ3n) is 6.77. The number of amides is 3. The van der Waals surface area contributed by atoms with Gasteiger partial charge in [-0.15, -0.1) is 0 Å². The summed E-state index contributed by atoms with van der Waals surface area (Å²) in [4.78, 5) is 42.2. The fourth-order valence-corrected chi connectivity index (χ4v) is 4.37. The first-order chi connectivity index (χ1) is 17.8. The molecule has 2 rings (SSSR count). The predicted octanol–water partition coefficient (Wildman–Crippen LogP) is 6.33. The van der Waals surface area contributed by atoms with E-state index in [2.05, 4.69) is 17.6 Å². The van der Waals surface area contributed by atoms with E-state index in [1.807, 2.05) is 77.1 Å². The number of rotatable bonds is 10. The molecule has 2 aromatic carbocycles. The van der Waals surface area contributed by atoms with Crippen LogP contribution in [0.4, 0.5) is 10.5 Å². The van der Waals surface area contributed by atoms with E-state index in [1.165, 1.54) is 0 Å². The molecule has 3 unspecified atom stereocenters. The molecule has 7 heteroatoms. The molecule has 3 amide bonds. The summed E-state index contributed by atoms with van der Waals surface area (Å²) in [6.07, 6.45) is 0.871. The standard InChI is InChI=1S/C31H45N3O4/c1-10-20(4)26(33-30(37)38-31(7,8)9)29(36)34(12-3)27(24-18-16-23(11-2)17-19-24)28(35)32-25-21(5)14-13-15-22(25)6/h13-20,26-27H,10-12H2,1-9H3,(H,32,35)(H,33,37). The minimum absolute atomic E-state index is 0.172. The zero-order valence-electron chi connectivity index (χ0n) is 24.5. The molecule has 0 fully saturated rings. The Morgan fingerprint density at radius 3 is 2.00 bits per heavy atom. The molecular formula is C31H45N3O4. The zero-order chi connectivity index (χ0) is 28.6. The Morgan fingerprint density at radius 1 is 0.947 bits per heavy atom. The van der Waals surface area contributed by atoms with Crippen LogP contribution >= 0.6 is 0 Å². The van der Waals surface area contributed by atoms with Crippen molar-refractivity contribution in [3.63, 3.8) is 0 Å². The number of aryl methyl sites for hydroxylation is 3. The van der Waals surface area contributed by atoms with Gasteiger partial charge >= 0.3 is 6.09 Å². The van der Waals surface area contributed by atoms with Gasteiger partial charge in [0.25, 0.3) is 5.91 Å². The average molecular weight is 524 g/mol. The predicted molar refractivity (Wildman–Crippen MR) is 153 cm³/mol. The number of ether oxygens (including phenoxy) is 1. The summed E-state index contributed by atoms with van der Waals surface area (Å²) < 4.78 is 5.45. The van der Waals surface area contributed by atoms with E-state index in [-0.39, 0.29) is 24.3 Å². The van der Waals surface area contributed by atoms with Crippen molar-refractivity contribution >= 4 is 23.6 Å². The average Bonchev–Trinajstić information content (AvgIpc) is 2.86. The number of likely N-dealkylation sites (N-methyl/N-ethyl adjacent to an activating group) is 1. The number of carbonyl (C=O) groups excluding carboxylic acids is 3. The summed E-state index contributed by atoms with van der Waals surface area (Å²) >= 11 is 0. The largest absolute Gasteiger partial charge is 0.444 e. The lowest BCUT2D eigenvalue weighted by Gasteiger charge is -2.35. The molecule has 0 saturated heterocycles. The molecule has 0 spiro atoms. The van der Waals surface area contributed by atoms with Crippen LogP contribution in [0.15, 0.2) is 42.5 Å². The number of para-hydroxylation sites is 1. The molecule has 0 aliphatic rings. The molecule has 0 aromatic heterocycles. The lowest BCUT2D eigenvalue weighted by atomic mass is 9.95. The maximum atomic E-state index is 14.1. The number of carbonyl (C=O) groups is 3. The van der Waals surface area contributed by atoms with Crippen molar-refractivity contribution in [3.8, 4) is 0 Å². The number of nitrogens with one attached hydrogen (secondary N) is 2. The van der Waals surface area contributed by atoms with Crippen molar-refractivity contribution in [3.05, 3.63) is 64.7 Å². The van der Waals surface area contributed by atoms with Crippen LogP contribution in [0, 0.1) is 19.8 Å². The highest BCUT2D eigenvalue weighted by Crippen LogP contribution is 2.28. The molecule has 2 aromatic rings. The minimum Gasteiger partial charge on any atom is -0.444 e. The molecule has 0 heterocycles. The Bertz CT molecular complexity index is 1080. The lowest BCUT2D eigenvalue weighted by Crippen LogP contribution is -2.54. The van der Waals surface area contributed by atoms with Gasteiger partial charge in [-0.25, -0.2) is 4.79 Å². The van der Waals surface area contributed by atoms with E-state index < -0.39 is 23.8 Å². The third kappa shape index (κ3) is 8.07. The van der Waals surface area contributed by atoms with Crippen molar-refractivity contribution in [2.24, 2.45) is 5.92 Å². The molecule has 7 nitrogen and oxygen atoms in total. The van der Waals surface area contributed by atoms with Crippen LogP contribution in [-0.4, -0.2) is 41.0 Å². The minimum atomic E-state index is -0.885. The third-order valence-corrected chi connectivity index (χ3v) is 6.77. The monoisotopic (exact) mass is 523 g/mol. The van der Waals surface area contributed by atoms with Crippen molar-refractivity contribution in [2.45, 2.75) is 92.8 Å². The van der Waals surface area contributed by atoms with Gasteiger partial charge in [0.2, 0.25) is 5.91 Å². The van der Waals surface area contributed by atoms with Gasteiger partial charge in [-0.3, -0.25) is 9.59 Å². The Morgan fingerprint density at radius 2 is 1.53 bits per heavy atom. The summed E-state index contributed by atoms with van der Waals surface area (Å²) in [6.45, 7) is 17.3. The van der Waals surface area contributed by atoms with Gasteiger partial charge in [0.15, 0.2) is 0 Å². The van der Waals surface area contributed by atoms with Gasteiger partial charge in [0.1, 0.15) is 17.7 Å². The van der Waals surface area contributed by atoms with E-state index in [1.54, 1.807) is 25.7 Å². The van der Waals surface area contributed by atoms with E-state index in [0.29, 0.717) is 12.0 Å². The number of hydrogen-bond donors (Lipinski definition) is 2. The van der Waals surface area contributed by atoms with Gasteiger partial charge in [0.05, 0.1) is 0 Å². The Hall–Kier alpha value is -3.35. The van der Waals surface area contributed by atoms with E-state index in [4.69, 9.17) is 4.74 Å². The Balaban J connectivity index is 2.52. The SMILES string of the molecule is CCc1ccc(C(C(=O)Nc2c(C)cccc2C)N(CC)C(=O)C(NC(=O)OC(C)(C)C)C(C)CC)cc1. The fraction of sp³-hybridized carbons (Fsp3) is 0.516. The van der Waals surface area contributed by atoms with Gasteiger partial charge < -0.3 is 20.3 Å². The van der Waals surface area contributed by atoms with Gasteiger partial charge in [0, 0.05) is 12.2 Å². The fourth-order valence-electron chi connectivity index (χ4n) is 4.37. The highest BCUT2D eigenvalue weighted by atomic mass is 16.6. The molecule has 3 atom stereocenters. The molecule has 38 heavy (non-hydrogen) atoms. The molecule has 208 valence electrons. The highest BCUT2D eigenvalue weighted by Gasteiger charge is 2.37. The Kier molecular flexibility index (Phi) is 10.9. The van der Waals surface area contributed by atoms with Crippen LogP contribution in [0.25, 0.3) is 0 Å². The molecular weight excluding hydrogens is 478 g/mol. The summed E-state index contributed by atoms with van der Waals surface area (Å²) in [7, 11) is 0. The number of benzene rings is 2. The van der Waals surface area contributed by atoms with Crippen LogP contribution in [0.3, 0.4) is 0 Å². The number of anilines is 1. The van der Waals surface area contributed by atoms with Crippen LogP contribution < -0.4 is 10.6 Å². The van der Waals surface area contributed by atoms with Crippen molar-refractivity contribution in [2.75, 3.05) is 11.9 Å². The summed E-state index contributed by atoms with van der Waals surface area (Å²) in [6, 6.07) is 11.9. The smallest absolute Gasteiger partial charge is 0.408 e. The van der Waals surface area contributed by atoms with Crippen molar-refractivity contribution in [1.29, 1.82) is 0 Å². The van der Waals surface area contributed by atoms with Crippen LogP contribution in [-0.2, 0) is 20.7 Å². The van der Waals surface area contributed by atoms with Crippen molar-refractivity contribution in [1.82, 2.24) is 10.2 Å². The van der Waals surface area contributed by atoms with Crippen LogP contribution in [0.2, 0.25) is 0 Å². The maximum absolute atomic E-state index is 14.1. The van der Waals surface area contributed by atoms with E-state index in [9.17, 15) is 14.4 Å². The van der Waals surface area contributed by atoms with E-state index in [0.717, 1.165) is 28.8 Å². The summed E-state index contributed by atoms with van der Waals surface area (Å²) in [5.41, 5.74) is 3.77. The first-order valence-electron chi connectivity index (χ1n) is 13.6. The van der Waals surface area contributed by atoms with Gasteiger partial charge in [-0.1, -0.05) is 69.7 Å². The van der Waals surface area contributed by atoms with Crippen molar-refractivity contribution < 1.29 is 19.1 Å². The molecule has 0 aliphatic carbocycles.